The number of halogens is 3. The van der Waals surface area contributed by atoms with Crippen LogP contribution >= 0.6 is 0 Å². The first-order valence-corrected chi connectivity index (χ1v) is 12.1. The molecule has 0 radical (unpaired) electrons. The number of methoxy groups -OCH3 is 1. The zero-order valence-corrected chi connectivity index (χ0v) is 21.1. The van der Waals surface area contributed by atoms with E-state index in [2.05, 4.69) is 15.3 Å². The maximum absolute atomic E-state index is 14.5. The first-order chi connectivity index (χ1) is 19.2. The van der Waals surface area contributed by atoms with Gasteiger partial charge in [-0.1, -0.05) is 6.07 Å². The molecule has 1 N–H and O–H groups in total. The minimum absolute atomic E-state index is 0.0335. The number of benzene rings is 2. The van der Waals surface area contributed by atoms with Crippen LogP contribution in [0, 0.1) is 22.9 Å². The first-order valence-electron chi connectivity index (χ1n) is 12.1. The van der Waals surface area contributed by atoms with Crippen LogP contribution in [0.1, 0.15) is 18.4 Å². The van der Waals surface area contributed by atoms with E-state index in [1.807, 2.05) is 0 Å². The molecule has 0 amide bonds. The van der Waals surface area contributed by atoms with E-state index in [1.54, 1.807) is 0 Å². The number of esters is 1. The summed E-state index contributed by atoms with van der Waals surface area (Å²) in [4.78, 5) is 46.5. The number of hydrogen-bond donors (Lipinski definition) is 1. The molecule has 1 saturated carbocycles. The second-order valence-corrected chi connectivity index (χ2v) is 9.22. The van der Waals surface area contributed by atoms with Crippen molar-refractivity contribution < 1.29 is 27.4 Å². The summed E-state index contributed by atoms with van der Waals surface area (Å²) in [5.74, 6) is -3.07. The number of rotatable bonds is 9. The van der Waals surface area contributed by atoms with E-state index < -0.39 is 46.8 Å². The van der Waals surface area contributed by atoms with E-state index >= 15 is 0 Å². The number of pyridine rings is 1. The summed E-state index contributed by atoms with van der Waals surface area (Å²) in [6, 6.07) is 11.5. The Morgan fingerprint density at radius 3 is 2.42 bits per heavy atom. The third-order valence-corrected chi connectivity index (χ3v) is 6.48. The number of anilines is 2. The fourth-order valence-corrected chi connectivity index (χ4v) is 4.11. The average Bonchev–Trinajstić information content (AvgIpc) is 3.72. The smallest absolute Gasteiger partial charge is 0.354 e. The number of carbonyl (C=O) groups is 1. The van der Waals surface area contributed by atoms with Crippen LogP contribution in [0.25, 0.3) is 0 Å². The van der Waals surface area contributed by atoms with E-state index in [4.69, 9.17) is 9.47 Å². The molecule has 40 heavy (non-hydrogen) atoms. The third kappa shape index (κ3) is 5.44. The van der Waals surface area contributed by atoms with Gasteiger partial charge in [0, 0.05) is 30.1 Å². The van der Waals surface area contributed by atoms with Crippen LogP contribution in [0.3, 0.4) is 0 Å². The van der Waals surface area contributed by atoms with Crippen molar-refractivity contribution in [3.63, 3.8) is 0 Å². The van der Waals surface area contributed by atoms with Gasteiger partial charge in [0.25, 0.3) is 5.88 Å². The lowest BCUT2D eigenvalue weighted by atomic mass is 10.1. The van der Waals surface area contributed by atoms with Crippen LogP contribution in [0.4, 0.5) is 24.8 Å². The summed E-state index contributed by atoms with van der Waals surface area (Å²) < 4.78 is 53.9. The second-order valence-electron chi connectivity index (χ2n) is 9.22. The van der Waals surface area contributed by atoms with E-state index in [0.29, 0.717) is 24.6 Å². The largest absolute Gasteiger partial charge is 0.469 e. The molecule has 5 rings (SSSR count). The molecule has 0 unspecified atom stereocenters. The van der Waals surface area contributed by atoms with Gasteiger partial charge in [-0.05, 0) is 55.3 Å². The minimum atomic E-state index is -1.02. The number of carbonyl (C=O) groups excluding carboxylic acids is 1. The summed E-state index contributed by atoms with van der Waals surface area (Å²) in [5, 5.41) is 2.85. The lowest BCUT2D eigenvalue weighted by molar-refractivity contribution is -0.147. The zero-order valence-electron chi connectivity index (χ0n) is 21.1. The molecule has 0 saturated heterocycles. The van der Waals surface area contributed by atoms with Crippen molar-refractivity contribution in [1.29, 1.82) is 0 Å². The van der Waals surface area contributed by atoms with Gasteiger partial charge in [-0.15, -0.1) is 0 Å². The highest BCUT2D eigenvalue weighted by molar-refractivity contribution is 5.79. The molecular formula is C27H22F3N5O5. The number of aromatic nitrogens is 4. The highest BCUT2D eigenvalue weighted by Gasteiger charge is 2.52. The topological polar surface area (TPSA) is 117 Å². The standard InChI is InChI=1S/C27H22F3N5O5/c1-39-23(36)27(10-11-27)15-35-25(37)33-24(34(26(35)38)14-16-4-5-17(28)13-21(16)30)32-18-6-8-19(9-7-18)40-22-20(29)3-2-12-31-22/h2-9,12-13H,10-11,14-15H2,1H3,(H,32,33,37). The maximum atomic E-state index is 14.5. The Kier molecular flexibility index (Phi) is 7.11. The zero-order chi connectivity index (χ0) is 28.4. The monoisotopic (exact) mass is 553 g/mol. The summed E-state index contributed by atoms with van der Waals surface area (Å²) in [6.45, 7) is -0.654. The molecular weight excluding hydrogens is 531 g/mol. The Morgan fingerprint density at radius 2 is 1.77 bits per heavy atom. The van der Waals surface area contributed by atoms with Crippen LogP contribution in [-0.4, -0.2) is 32.2 Å². The van der Waals surface area contributed by atoms with Crippen molar-refractivity contribution in [3.8, 4) is 11.6 Å². The highest BCUT2D eigenvalue weighted by atomic mass is 19.1. The van der Waals surface area contributed by atoms with Crippen molar-refractivity contribution in [2.24, 2.45) is 5.41 Å². The molecule has 1 aliphatic carbocycles. The molecule has 1 fully saturated rings. The molecule has 2 aromatic heterocycles. The number of nitrogens with one attached hydrogen (secondary N) is 1. The van der Waals surface area contributed by atoms with E-state index in [-0.39, 0.29) is 29.7 Å². The summed E-state index contributed by atoms with van der Waals surface area (Å²) in [5.41, 5.74) is -2.47. The van der Waals surface area contributed by atoms with Crippen molar-refractivity contribution in [2.75, 3.05) is 12.4 Å². The minimum Gasteiger partial charge on any atom is -0.469 e. The number of ether oxygens (including phenoxy) is 2. The van der Waals surface area contributed by atoms with Gasteiger partial charge in [-0.3, -0.25) is 9.36 Å². The summed E-state index contributed by atoms with van der Waals surface area (Å²) >= 11 is 0. The van der Waals surface area contributed by atoms with Gasteiger partial charge < -0.3 is 14.8 Å². The first kappa shape index (κ1) is 26.7. The number of nitrogens with zero attached hydrogens (tertiary/aromatic N) is 4. The number of hydrogen-bond acceptors (Lipinski definition) is 8. The molecule has 0 atom stereocenters. The lowest BCUT2D eigenvalue weighted by Gasteiger charge is -2.18. The molecule has 13 heteroatoms. The summed E-state index contributed by atoms with van der Waals surface area (Å²) in [7, 11) is 1.22. The lowest BCUT2D eigenvalue weighted by Crippen LogP contribution is -2.45. The van der Waals surface area contributed by atoms with Crippen LogP contribution < -0.4 is 21.4 Å². The Balaban J connectivity index is 1.49. The normalized spacial score (nSPS) is 13.5. The molecule has 2 aromatic carbocycles. The predicted octanol–water partition coefficient (Wildman–Crippen LogP) is 3.75. The average molecular weight is 553 g/mol. The third-order valence-electron chi connectivity index (χ3n) is 6.48. The van der Waals surface area contributed by atoms with E-state index in [9.17, 15) is 27.6 Å². The Bertz CT molecular complexity index is 1700. The van der Waals surface area contributed by atoms with E-state index in [0.717, 1.165) is 15.2 Å². The van der Waals surface area contributed by atoms with Crippen molar-refractivity contribution in [2.45, 2.75) is 25.9 Å². The van der Waals surface area contributed by atoms with Crippen molar-refractivity contribution in [1.82, 2.24) is 19.1 Å². The fraction of sp³-hybridized carbons (Fsp3) is 0.222. The predicted molar refractivity (Wildman–Crippen MR) is 136 cm³/mol. The van der Waals surface area contributed by atoms with Crippen molar-refractivity contribution >= 4 is 17.6 Å². The Labute approximate surface area is 224 Å². The van der Waals surface area contributed by atoms with Crippen LogP contribution in [0.5, 0.6) is 11.6 Å². The van der Waals surface area contributed by atoms with Gasteiger partial charge in [0.1, 0.15) is 17.4 Å². The van der Waals surface area contributed by atoms with Gasteiger partial charge in [-0.25, -0.2) is 32.3 Å². The van der Waals surface area contributed by atoms with Crippen LogP contribution in [0.2, 0.25) is 0 Å². The second kappa shape index (κ2) is 10.7. The fourth-order valence-electron chi connectivity index (χ4n) is 4.11. The van der Waals surface area contributed by atoms with Crippen LogP contribution in [-0.2, 0) is 22.6 Å². The van der Waals surface area contributed by atoms with Gasteiger partial charge >= 0.3 is 17.3 Å². The SMILES string of the molecule is COC(=O)C1(Cn2c(=O)nc(Nc3ccc(Oc4ncccc4F)cc3)n(Cc3ccc(F)cc3F)c2=O)CC1. The molecule has 2 heterocycles. The molecule has 206 valence electrons. The van der Waals surface area contributed by atoms with Crippen LogP contribution in [0.15, 0.2) is 70.4 Å². The van der Waals surface area contributed by atoms with Gasteiger partial charge in [0.05, 0.1) is 19.1 Å². The Hall–Kier alpha value is -4.94. The molecule has 1 aliphatic rings. The molecule has 0 spiro atoms. The molecule has 10 nitrogen and oxygen atoms in total. The summed E-state index contributed by atoms with van der Waals surface area (Å²) in [6.07, 6.45) is 2.23. The quantitative estimate of drug-likeness (QED) is 0.312. The Morgan fingerprint density at radius 1 is 1.02 bits per heavy atom. The maximum Gasteiger partial charge on any atom is 0.354 e. The van der Waals surface area contributed by atoms with Gasteiger partial charge in [-0.2, -0.15) is 4.98 Å². The molecule has 4 aromatic rings. The van der Waals surface area contributed by atoms with Gasteiger partial charge in [0.15, 0.2) is 5.82 Å². The molecule has 0 aliphatic heterocycles. The molecule has 0 bridgehead atoms. The van der Waals surface area contributed by atoms with E-state index in [1.165, 1.54) is 55.8 Å². The highest BCUT2D eigenvalue weighted by Crippen LogP contribution is 2.47. The van der Waals surface area contributed by atoms with Gasteiger partial charge in [0.2, 0.25) is 5.95 Å². The van der Waals surface area contributed by atoms with Crippen molar-refractivity contribution in [3.05, 3.63) is 105 Å².